The Morgan fingerprint density at radius 3 is 2.72 bits per heavy atom. The molecule has 1 aromatic rings. The molecule has 0 unspecified atom stereocenters. The van der Waals surface area contributed by atoms with Gasteiger partial charge in [-0.05, 0) is 13.0 Å². The Bertz CT molecular complexity index is 721. The zero-order valence-corrected chi connectivity index (χ0v) is 16.3. The Hall–Kier alpha value is -1.13. The van der Waals surface area contributed by atoms with Crippen LogP contribution >= 0.6 is 11.8 Å². The van der Waals surface area contributed by atoms with Crippen LogP contribution in [0.15, 0.2) is 5.16 Å². The third kappa shape index (κ3) is 4.17. The predicted octanol–water partition coefficient (Wildman–Crippen LogP) is 0.179. The average Bonchev–Trinajstić information content (AvgIpc) is 3.16. The van der Waals surface area contributed by atoms with Crippen LogP contribution < -0.4 is 0 Å². The molecule has 0 bridgehead atoms. The maximum atomic E-state index is 12.7. The summed E-state index contributed by atoms with van der Waals surface area (Å²) in [5.74, 6) is 1.24. The number of carbonyl (C=O) groups is 1. The first-order valence-corrected chi connectivity index (χ1v) is 11.5. The number of carbonyl (C=O) groups excluding carboxylic acids is 1. The van der Waals surface area contributed by atoms with E-state index in [1.165, 1.54) is 11.8 Å². The van der Waals surface area contributed by atoms with Crippen molar-refractivity contribution in [1.29, 1.82) is 0 Å². The van der Waals surface area contributed by atoms with Crippen LogP contribution in [-0.2, 0) is 21.1 Å². The van der Waals surface area contributed by atoms with Gasteiger partial charge in [-0.1, -0.05) is 25.6 Å². The van der Waals surface area contributed by atoms with Crippen molar-refractivity contribution in [2.24, 2.45) is 0 Å². The van der Waals surface area contributed by atoms with Crippen molar-refractivity contribution in [2.45, 2.75) is 43.9 Å². The number of aryl methyl sites for hydroxylation is 1. The van der Waals surface area contributed by atoms with Crippen molar-refractivity contribution in [3.63, 3.8) is 0 Å². The maximum Gasteiger partial charge on any atom is 0.233 e. The molecular formula is C15H25N5O3S2. The zero-order chi connectivity index (χ0) is 18.0. The fourth-order valence-electron chi connectivity index (χ4n) is 3.61. The van der Waals surface area contributed by atoms with E-state index in [9.17, 15) is 13.2 Å². The Balaban J connectivity index is 1.65. The Kier molecular flexibility index (Phi) is 5.69. The average molecular weight is 388 g/mol. The van der Waals surface area contributed by atoms with Crippen LogP contribution in [0.25, 0.3) is 0 Å². The van der Waals surface area contributed by atoms with Crippen molar-refractivity contribution >= 4 is 27.5 Å². The highest BCUT2D eigenvalue weighted by Crippen LogP contribution is 2.28. The SMILES string of the molecule is CCCN1CCN(C(=O)CSc2n[nH]c(CC)n2)[C@H]2CS(=O)(=O)C[C@H]21. The number of thioether (sulfide) groups is 1. The summed E-state index contributed by atoms with van der Waals surface area (Å²) in [6, 6.07) is -0.292. The minimum atomic E-state index is -3.09. The molecule has 8 nitrogen and oxygen atoms in total. The number of nitrogens with zero attached hydrogens (tertiary/aromatic N) is 4. The number of aromatic nitrogens is 3. The highest BCUT2D eigenvalue weighted by molar-refractivity contribution is 7.99. The van der Waals surface area contributed by atoms with E-state index in [1.54, 1.807) is 4.90 Å². The third-order valence-electron chi connectivity index (χ3n) is 4.79. The molecule has 10 heteroatoms. The molecule has 0 saturated carbocycles. The van der Waals surface area contributed by atoms with E-state index in [-0.39, 0.29) is 35.2 Å². The van der Waals surface area contributed by atoms with E-state index >= 15 is 0 Å². The van der Waals surface area contributed by atoms with Gasteiger partial charge in [0.2, 0.25) is 11.1 Å². The number of amides is 1. The standard InChI is InChI=1S/C15H25N5O3S2/c1-3-5-19-6-7-20(12-10-25(22,23)9-11(12)19)14(21)8-24-15-16-13(4-2)17-18-15/h11-12H,3-10H2,1-2H3,(H,16,17,18)/t11-,12+/m1/s1. The summed E-state index contributed by atoms with van der Waals surface area (Å²) in [4.78, 5) is 21.0. The highest BCUT2D eigenvalue weighted by atomic mass is 32.2. The minimum Gasteiger partial charge on any atom is -0.335 e. The summed E-state index contributed by atoms with van der Waals surface area (Å²) in [5.41, 5.74) is 0. The van der Waals surface area contributed by atoms with E-state index in [1.807, 2.05) is 6.92 Å². The summed E-state index contributed by atoms with van der Waals surface area (Å²) >= 11 is 1.30. The molecule has 1 aromatic heterocycles. The smallest absolute Gasteiger partial charge is 0.233 e. The largest absolute Gasteiger partial charge is 0.335 e. The van der Waals surface area contributed by atoms with Crippen LogP contribution in [0.1, 0.15) is 26.1 Å². The van der Waals surface area contributed by atoms with E-state index in [4.69, 9.17) is 0 Å². The molecular weight excluding hydrogens is 362 g/mol. The van der Waals surface area contributed by atoms with Crippen molar-refractivity contribution in [3.05, 3.63) is 5.82 Å². The molecule has 25 heavy (non-hydrogen) atoms. The van der Waals surface area contributed by atoms with Crippen molar-refractivity contribution in [2.75, 3.05) is 36.9 Å². The normalized spacial score (nSPS) is 25.9. The number of rotatable bonds is 6. The van der Waals surface area contributed by atoms with Crippen LogP contribution in [0, 0.1) is 0 Å². The van der Waals surface area contributed by atoms with Gasteiger partial charge >= 0.3 is 0 Å². The summed E-state index contributed by atoms with van der Waals surface area (Å²) in [6.45, 7) is 6.28. The lowest BCUT2D eigenvalue weighted by Crippen LogP contribution is -2.61. The Morgan fingerprint density at radius 1 is 1.28 bits per heavy atom. The van der Waals surface area contributed by atoms with Crippen molar-refractivity contribution < 1.29 is 13.2 Å². The van der Waals surface area contributed by atoms with Crippen LogP contribution in [0.5, 0.6) is 0 Å². The van der Waals surface area contributed by atoms with Crippen LogP contribution in [0.3, 0.4) is 0 Å². The van der Waals surface area contributed by atoms with E-state index in [0.29, 0.717) is 11.7 Å². The first-order chi connectivity index (χ1) is 11.9. The lowest BCUT2D eigenvalue weighted by Gasteiger charge is -2.43. The summed E-state index contributed by atoms with van der Waals surface area (Å²) in [5, 5.41) is 7.48. The number of sulfone groups is 1. The van der Waals surface area contributed by atoms with Crippen LogP contribution in [-0.4, -0.2) is 88.3 Å². The molecule has 140 valence electrons. The molecule has 2 aliphatic heterocycles. The fourth-order valence-corrected chi connectivity index (χ4v) is 6.32. The van der Waals surface area contributed by atoms with Crippen molar-refractivity contribution in [1.82, 2.24) is 25.0 Å². The monoisotopic (exact) mass is 387 g/mol. The number of fused-ring (bicyclic) bond motifs is 1. The van der Waals surface area contributed by atoms with Gasteiger partial charge in [-0.3, -0.25) is 14.8 Å². The van der Waals surface area contributed by atoms with E-state index in [0.717, 1.165) is 31.8 Å². The van der Waals surface area contributed by atoms with Gasteiger partial charge < -0.3 is 4.90 Å². The molecule has 0 aliphatic carbocycles. The molecule has 1 amide bonds. The number of H-pyrrole nitrogens is 1. The van der Waals surface area contributed by atoms with Gasteiger partial charge in [0, 0.05) is 25.6 Å². The lowest BCUT2D eigenvalue weighted by atomic mass is 10.0. The third-order valence-corrected chi connectivity index (χ3v) is 7.32. The molecule has 1 N–H and O–H groups in total. The second-order valence-corrected chi connectivity index (χ2v) is 9.64. The second kappa shape index (κ2) is 7.63. The number of hydrogen-bond acceptors (Lipinski definition) is 7. The van der Waals surface area contributed by atoms with E-state index in [2.05, 4.69) is 27.0 Å². The quantitative estimate of drug-likeness (QED) is 0.695. The lowest BCUT2D eigenvalue weighted by molar-refractivity contribution is -0.134. The number of nitrogens with one attached hydrogen (secondary N) is 1. The Morgan fingerprint density at radius 2 is 2.04 bits per heavy atom. The fraction of sp³-hybridized carbons (Fsp3) is 0.800. The topological polar surface area (TPSA) is 99.3 Å². The molecule has 2 saturated heterocycles. The predicted molar refractivity (Wildman–Crippen MR) is 96.3 cm³/mol. The minimum absolute atomic E-state index is 0.0314. The van der Waals surface area contributed by atoms with Gasteiger partial charge in [0.05, 0.1) is 23.3 Å². The van der Waals surface area contributed by atoms with Crippen LogP contribution in [0.2, 0.25) is 0 Å². The van der Waals surface area contributed by atoms with Gasteiger partial charge in [0.15, 0.2) is 9.84 Å². The summed E-state index contributed by atoms with van der Waals surface area (Å²) in [7, 11) is -3.09. The summed E-state index contributed by atoms with van der Waals surface area (Å²) in [6.07, 6.45) is 1.75. The first kappa shape index (κ1) is 18.7. The molecule has 0 spiro atoms. The van der Waals surface area contributed by atoms with Crippen LogP contribution in [0.4, 0.5) is 0 Å². The van der Waals surface area contributed by atoms with Gasteiger partial charge in [-0.2, -0.15) is 0 Å². The van der Waals surface area contributed by atoms with Gasteiger partial charge in [0.1, 0.15) is 5.82 Å². The Labute approximate surface area is 152 Å². The number of aromatic amines is 1. The number of hydrogen-bond donors (Lipinski definition) is 1. The second-order valence-electron chi connectivity index (χ2n) is 6.54. The number of piperazine rings is 1. The van der Waals surface area contributed by atoms with E-state index < -0.39 is 9.84 Å². The van der Waals surface area contributed by atoms with Crippen molar-refractivity contribution in [3.8, 4) is 0 Å². The summed E-state index contributed by atoms with van der Waals surface area (Å²) < 4.78 is 24.3. The zero-order valence-electron chi connectivity index (χ0n) is 14.6. The van der Waals surface area contributed by atoms with Gasteiger partial charge in [-0.25, -0.2) is 13.4 Å². The first-order valence-electron chi connectivity index (χ1n) is 8.71. The molecule has 3 rings (SSSR count). The molecule has 0 radical (unpaired) electrons. The highest BCUT2D eigenvalue weighted by Gasteiger charge is 2.47. The molecule has 2 aliphatic rings. The molecule has 2 atom stereocenters. The molecule has 3 heterocycles. The van der Waals surface area contributed by atoms with Gasteiger partial charge in [0.25, 0.3) is 0 Å². The maximum absolute atomic E-state index is 12.7. The molecule has 2 fully saturated rings. The van der Waals surface area contributed by atoms with Gasteiger partial charge in [-0.15, -0.1) is 5.10 Å². The molecule has 0 aromatic carbocycles.